The maximum Gasteiger partial charge on any atom is 0.276 e. The van der Waals surface area contributed by atoms with Crippen LogP contribution in [0.3, 0.4) is 0 Å². The Balaban J connectivity index is 1.42. The molecule has 0 unspecified atom stereocenters. The molecule has 3 aromatic carbocycles. The van der Waals surface area contributed by atoms with Gasteiger partial charge in [-0.15, -0.1) is 0 Å². The van der Waals surface area contributed by atoms with E-state index in [0.29, 0.717) is 17.6 Å². The van der Waals surface area contributed by atoms with Gasteiger partial charge in [-0.1, -0.05) is 54.2 Å². The minimum atomic E-state index is -0.124. The van der Waals surface area contributed by atoms with Crippen molar-refractivity contribution in [1.82, 2.24) is 14.6 Å². The SMILES string of the molecule is O=c1c(Cc2ccc(O)cc2)cnc2c(-c3ccc(Sc4ccccc4)cc3)c[nH]n12. The van der Waals surface area contributed by atoms with Crippen LogP contribution in [-0.2, 0) is 6.42 Å². The van der Waals surface area contributed by atoms with E-state index in [0.717, 1.165) is 21.6 Å². The Hall–Kier alpha value is -3.77. The van der Waals surface area contributed by atoms with E-state index in [4.69, 9.17) is 0 Å². The molecular formula is C25H19N3O2S. The van der Waals surface area contributed by atoms with Crippen LogP contribution in [-0.4, -0.2) is 19.7 Å². The summed E-state index contributed by atoms with van der Waals surface area (Å²) in [5.74, 6) is 0.205. The summed E-state index contributed by atoms with van der Waals surface area (Å²) in [5.41, 5.74) is 3.88. The first-order valence-electron chi connectivity index (χ1n) is 9.87. The van der Waals surface area contributed by atoms with Gasteiger partial charge in [0, 0.05) is 39.7 Å². The van der Waals surface area contributed by atoms with E-state index in [1.807, 2.05) is 36.5 Å². The Kier molecular flexibility index (Phi) is 5.06. The minimum Gasteiger partial charge on any atom is -0.508 e. The molecule has 5 nitrogen and oxygen atoms in total. The summed E-state index contributed by atoms with van der Waals surface area (Å²) < 4.78 is 1.48. The van der Waals surface area contributed by atoms with Gasteiger partial charge in [-0.3, -0.25) is 9.89 Å². The maximum atomic E-state index is 12.9. The highest BCUT2D eigenvalue weighted by Gasteiger charge is 2.12. The molecule has 0 aliphatic heterocycles. The van der Waals surface area contributed by atoms with Crippen molar-refractivity contribution < 1.29 is 5.11 Å². The Labute approximate surface area is 183 Å². The van der Waals surface area contributed by atoms with E-state index in [2.05, 4.69) is 34.3 Å². The van der Waals surface area contributed by atoms with Crippen molar-refractivity contribution >= 4 is 17.4 Å². The second-order valence-corrected chi connectivity index (χ2v) is 8.36. The van der Waals surface area contributed by atoms with Crippen LogP contribution >= 0.6 is 11.8 Å². The molecule has 5 rings (SSSR count). The smallest absolute Gasteiger partial charge is 0.276 e. The van der Waals surface area contributed by atoms with Crippen molar-refractivity contribution in [1.29, 1.82) is 0 Å². The van der Waals surface area contributed by atoms with Gasteiger partial charge in [-0.05, 0) is 47.5 Å². The molecule has 2 heterocycles. The van der Waals surface area contributed by atoms with E-state index in [1.54, 1.807) is 42.2 Å². The van der Waals surface area contributed by atoms with Crippen LogP contribution in [0.25, 0.3) is 16.8 Å². The molecule has 0 fully saturated rings. The number of benzene rings is 3. The minimum absolute atomic E-state index is 0.124. The molecule has 0 aliphatic rings. The summed E-state index contributed by atoms with van der Waals surface area (Å²) in [6, 6.07) is 25.3. The van der Waals surface area contributed by atoms with Crippen molar-refractivity contribution in [3.05, 3.63) is 113 Å². The van der Waals surface area contributed by atoms with Gasteiger partial charge in [0.2, 0.25) is 0 Å². The highest BCUT2D eigenvalue weighted by molar-refractivity contribution is 7.99. The van der Waals surface area contributed by atoms with Crippen LogP contribution in [0.1, 0.15) is 11.1 Å². The zero-order chi connectivity index (χ0) is 21.2. The number of rotatable bonds is 5. The molecule has 0 bridgehead atoms. The topological polar surface area (TPSA) is 70.4 Å². The van der Waals surface area contributed by atoms with Gasteiger partial charge >= 0.3 is 0 Å². The third-order valence-corrected chi connectivity index (χ3v) is 6.10. The molecular weight excluding hydrogens is 406 g/mol. The first-order valence-corrected chi connectivity index (χ1v) is 10.7. The molecule has 0 saturated heterocycles. The average molecular weight is 426 g/mol. The molecule has 0 atom stereocenters. The molecule has 6 heteroatoms. The van der Waals surface area contributed by atoms with E-state index >= 15 is 0 Å². The first kappa shape index (κ1) is 19.2. The Bertz CT molecular complexity index is 1390. The van der Waals surface area contributed by atoms with Crippen molar-refractivity contribution in [3.8, 4) is 16.9 Å². The number of aromatic nitrogens is 3. The molecule has 2 aromatic heterocycles. The normalized spacial score (nSPS) is 11.1. The Morgan fingerprint density at radius 3 is 2.35 bits per heavy atom. The number of aromatic hydroxyl groups is 1. The monoisotopic (exact) mass is 425 g/mol. The predicted octanol–water partition coefficient (Wildman–Crippen LogP) is 5.14. The molecule has 0 saturated carbocycles. The van der Waals surface area contributed by atoms with Gasteiger partial charge in [-0.25, -0.2) is 9.50 Å². The van der Waals surface area contributed by atoms with E-state index in [-0.39, 0.29) is 11.3 Å². The lowest BCUT2D eigenvalue weighted by atomic mass is 10.1. The number of H-pyrrole nitrogens is 1. The number of hydrogen-bond donors (Lipinski definition) is 2. The largest absolute Gasteiger partial charge is 0.508 e. The average Bonchev–Trinajstić information content (AvgIpc) is 3.23. The van der Waals surface area contributed by atoms with Gasteiger partial charge < -0.3 is 5.11 Å². The molecule has 2 N–H and O–H groups in total. The van der Waals surface area contributed by atoms with Crippen molar-refractivity contribution in [2.45, 2.75) is 16.2 Å². The highest BCUT2D eigenvalue weighted by atomic mass is 32.2. The zero-order valence-electron chi connectivity index (χ0n) is 16.5. The van der Waals surface area contributed by atoms with Gasteiger partial charge in [0.25, 0.3) is 5.56 Å². The molecule has 5 aromatic rings. The third kappa shape index (κ3) is 3.98. The Morgan fingerprint density at radius 1 is 0.903 bits per heavy atom. The standard InChI is InChI=1S/C25H19N3O2S/c29-20-10-6-17(7-11-20)14-19-15-26-24-23(16-27-28(24)25(19)30)18-8-12-22(13-9-18)31-21-4-2-1-3-5-21/h1-13,15-16,27,29H,14H2. The van der Waals surface area contributed by atoms with Crippen LogP contribution in [0.2, 0.25) is 0 Å². The fraction of sp³-hybridized carbons (Fsp3) is 0.0400. The third-order valence-electron chi connectivity index (χ3n) is 5.09. The number of phenolic OH excluding ortho intramolecular Hbond substituents is 1. The summed E-state index contributed by atoms with van der Waals surface area (Å²) >= 11 is 1.71. The van der Waals surface area contributed by atoms with Crippen LogP contribution in [0.4, 0.5) is 0 Å². The van der Waals surface area contributed by atoms with Crippen LogP contribution in [0.15, 0.2) is 106 Å². The number of aromatic amines is 1. The van der Waals surface area contributed by atoms with Crippen molar-refractivity contribution in [3.63, 3.8) is 0 Å². The predicted molar refractivity (Wildman–Crippen MR) is 123 cm³/mol. The van der Waals surface area contributed by atoms with Gasteiger partial charge in [-0.2, -0.15) is 0 Å². The highest BCUT2D eigenvalue weighted by Crippen LogP contribution is 2.30. The molecule has 31 heavy (non-hydrogen) atoms. The van der Waals surface area contributed by atoms with Crippen LogP contribution < -0.4 is 5.56 Å². The second-order valence-electron chi connectivity index (χ2n) is 7.22. The van der Waals surface area contributed by atoms with Gasteiger partial charge in [0.15, 0.2) is 5.65 Å². The van der Waals surface area contributed by atoms with Gasteiger partial charge in [0.05, 0.1) is 0 Å². The number of nitrogens with one attached hydrogen (secondary N) is 1. The lowest BCUT2D eigenvalue weighted by Crippen LogP contribution is -2.19. The fourth-order valence-corrected chi connectivity index (χ4v) is 4.33. The number of phenols is 1. The maximum absolute atomic E-state index is 12.9. The lowest BCUT2D eigenvalue weighted by Gasteiger charge is -2.05. The molecule has 0 aliphatic carbocycles. The number of fused-ring (bicyclic) bond motifs is 1. The molecule has 0 amide bonds. The second kappa shape index (κ2) is 8.16. The van der Waals surface area contributed by atoms with Crippen molar-refractivity contribution in [2.75, 3.05) is 0 Å². The lowest BCUT2D eigenvalue weighted by molar-refractivity contribution is 0.475. The number of nitrogens with zero attached hydrogens (tertiary/aromatic N) is 2. The van der Waals surface area contributed by atoms with E-state index in [1.165, 1.54) is 9.41 Å². The molecule has 0 radical (unpaired) electrons. The summed E-state index contributed by atoms with van der Waals surface area (Å²) in [5, 5.41) is 12.5. The number of hydrogen-bond acceptors (Lipinski definition) is 4. The van der Waals surface area contributed by atoms with Crippen LogP contribution in [0.5, 0.6) is 5.75 Å². The first-order chi connectivity index (χ1) is 15.2. The van der Waals surface area contributed by atoms with Crippen molar-refractivity contribution in [2.24, 2.45) is 0 Å². The summed E-state index contributed by atoms with van der Waals surface area (Å²) in [6.07, 6.45) is 3.91. The molecule has 152 valence electrons. The van der Waals surface area contributed by atoms with E-state index < -0.39 is 0 Å². The van der Waals surface area contributed by atoms with Gasteiger partial charge in [0.1, 0.15) is 5.75 Å². The zero-order valence-corrected chi connectivity index (χ0v) is 17.3. The van der Waals surface area contributed by atoms with E-state index in [9.17, 15) is 9.90 Å². The summed E-state index contributed by atoms with van der Waals surface area (Å²) in [6.45, 7) is 0. The molecule has 0 spiro atoms. The fourth-order valence-electron chi connectivity index (χ4n) is 3.49. The summed E-state index contributed by atoms with van der Waals surface area (Å²) in [7, 11) is 0. The quantitative estimate of drug-likeness (QED) is 0.409. The summed E-state index contributed by atoms with van der Waals surface area (Å²) in [4.78, 5) is 19.8. The Morgan fingerprint density at radius 2 is 1.61 bits per heavy atom. The van der Waals surface area contributed by atoms with Crippen LogP contribution in [0, 0.1) is 0 Å².